The molecule has 1 N–H and O–H groups in total. The van der Waals surface area contributed by atoms with E-state index in [0.29, 0.717) is 6.54 Å². The number of hydrogen-bond acceptors (Lipinski definition) is 2. The molecule has 1 atom stereocenters. The summed E-state index contributed by atoms with van der Waals surface area (Å²) in [4.78, 5) is 4.07. The number of aliphatic imine (C=N–C) groups is 1. The predicted molar refractivity (Wildman–Crippen MR) is 63.3 cm³/mol. The maximum atomic E-state index is 9.13. The minimum absolute atomic E-state index is 0.220. The highest BCUT2D eigenvalue weighted by Gasteiger charge is 1.97. The van der Waals surface area contributed by atoms with Gasteiger partial charge in [0, 0.05) is 10.7 Å². The van der Waals surface area contributed by atoms with Crippen molar-refractivity contribution in [3.63, 3.8) is 0 Å². The lowest BCUT2D eigenvalue weighted by Gasteiger charge is -2.00. The van der Waals surface area contributed by atoms with Crippen LogP contribution in [0.3, 0.4) is 0 Å². The normalized spacial score (nSPS) is 13.4. The third-order valence-corrected chi connectivity index (χ3v) is 2.49. The van der Waals surface area contributed by atoms with Gasteiger partial charge in [0.25, 0.3) is 0 Å². The molecule has 0 aromatic heterocycles. The van der Waals surface area contributed by atoms with Crippen molar-refractivity contribution < 1.29 is 5.11 Å². The molecule has 14 heavy (non-hydrogen) atoms. The minimum Gasteiger partial charge on any atom is -0.390 e. The molecule has 0 aliphatic heterocycles. The Morgan fingerprint density at radius 2 is 2.07 bits per heavy atom. The lowest BCUT2D eigenvalue weighted by molar-refractivity contribution is 0.207. The molecule has 4 heteroatoms. The van der Waals surface area contributed by atoms with E-state index >= 15 is 0 Å². The monoisotopic (exact) mass is 275 g/mol. The largest absolute Gasteiger partial charge is 0.390 e. The average molecular weight is 277 g/mol. The standard InChI is InChI=1S/C10H11BrClNO/c11-9-3-1-8(2-4-9)6-13-7-10(14)5-12/h1-4,6,10,14H,5,7H2. The van der Waals surface area contributed by atoms with E-state index in [1.807, 2.05) is 24.3 Å². The average Bonchev–Trinajstić information content (AvgIpc) is 2.21. The van der Waals surface area contributed by atoms with E-state index in [1.165, 1.54) is 0 Å². The molecule has 1 aromatic carbocycles. The van der Waals surface area contributed by atoms with Gasteiger partial charge in [0.1, 0.15) is 0 Å². The summed E-state index contributed by atoms with van der Waals surface area (Å²) in [7, 11) is 0. The molecule has 1 rings (SSSR count). The zero-order valence-electron chi connectivity index (χ0n) is 7.53. The summed E-state index contributed by atoms with van der Waals surface area (Å²) in [6.07, 6.45) is 1.17. The van der Waals surface area contributed by atoms with E-state index < -0.39 is 6.10 Å². The fourth-order valence-electron chi connectivity index (χ4n) is 0.877. The molecule has 1 aromatic rings. The fourth-order valence-corrected chi connectivity index (χ4v) is 1.24. The van der Waals surface area contributed by atoms with Crippen LogP contribution in [0.15, 0.2) is 33.7 Å². The Bertz CT molecular complexity index is 299. The van der Waals surface area contributed by atoms with E-state index in [0.717, 1.165) is 10.0 Å². The first-order valence-corrected chi connectivity index (χ1v) is 5.54. The topological polar surface area (TPSA) is 32.6 Å². The van der Waals surface area contributed by atoms with E-state index in [9.17, 15) is 0 Å². The molecule has 1 unspecified atom stereocenters. The molecule has 0 heterocycles. The van der Waals surface area contributed by atoms with Crippen LogP contribution in [-0.2, 0) is 0 Å². The molecule has 0 bridgehead atoms. The summed E-state index contributed by atoms with van der Waals surface area (Å²) < 4.78 is 1.04. The number of hydrogen-bond donors (Lipinski definition) is 1. The Morgan fingerprint density at radius 3 is 2.64 bits per heavy atom. The van der Waals surface area contributed by atoms with Gasteiger partial charge in [-0.15, -0.1) is 11.6 Å². The van der Waals surface area contributed by atoms with Gasteiger partial charge in [0.2, 0.25) is 0 Å². The Balaban J connectivity index is 2.48. The maximum Gasteiger partial charge on any atom is 0.0870 e. The maximum absolute atomic E-state index is 9.13. The SMILES string of the molecule is OC(CCl)CN=Cc1ccc(Br)cc1. The van der Waals surface area contributed by atoms with E-state index in [-0.39, 0.29) is 5.88 Å². The first-order valence-electron chi connectivity index (χ1n) is 4.22. The smallest absolute Gasteiger partial charge is 0.0870 e. The van der Waals surface area contributed by atoms with Gasteiger partial charge in [-0.3, -0.25) is 4.99 Å². The highest BCUT2D eigenvalue weighted by atomic mass is 79.9. The molecule has 0 fully saturated rings. The molecule has 0 aliphatic carbocycles. The summed E-state index contributed by atoms with van der Waals surface area (Å²) >= 11 is 8.77. The Kier molecular flexibility index (Phi) is 5.15. The van der Waals surface area contributed by atoms with Crippen LogP contribution in [0, 0.1) is 0 Å². The summed E-state index contributed by atoms with van der Waals surface area (Å²) in [6, 6.07) is 7.78. The second kappa shape index (κ2) is 6.17. The second-order valence-electron chi connectivity index (χ2n) is 2.85. The van der Waals surface area contributed by atoms with Crippen LogP contribution in [0.1, 0.15) is 5.56 Å². The number of aliphatic hydroxyl groups is 1. The molecule has 0 spiro atoms. The molecule has 0 radical (unpaired) electrons. The molecular weight excluding hydrogens is 265 g/mol. The molecule has 0 saturated carbocycles. The summed E-state index contributed by atoms with van der Waals surface area (Å²) in [5, 5.41) is 9.13. The Labute approximate surface area is 96.8 Å². The van der Waals surface area contributed by atoms with Gasteiger partial charge in [-0.25, -0.2) is 0 Å². The van der Waals surface area contributed by atoms with Gasteiger partial charge in [-0.05, 0) is 17.7 Å². The first-order chi connectivity index (χ1) is 6.72. The van der Waals surface area contributed by atoms with Crippen molar-refractivity contribution >= 4 is 33.7 Å². The summed E-state index contributed by atoms with van der Waals surface area (Å²) in [5.74, 6) is 0.220. The minimum atomic E-state index is -0.552. The van der Waals surface area contributed by atoms with Gasteiger partial charge < -0.3 is 5.11 Å². The van der Waals surface area contributed by atoms with Crippen LogP contribution in [-0.4, -0.2) is 29.8 Å². The number of rotatable bonds is 4. The molecule has 0 saturated heterocycles. The van der Waals surface area contributed by atoms with Crippen LogP contribution in [0.2, 0.25) is 0 Å². The number of aliphatic hydroxyl groups excluding tert-OH is 1. The highest BCUT2D eigenvalue weighted by Crippen LogP contribution is 2.09. The van der Waals surface area contributed by atoms with Crippen molar-refractivity contribution in [3.8, 4) is 0 Å². The number of halogens is 2. The lowest BCUT2D eigenvalue weighted by atomic mass is 10.2. The van der Waals surface area contributed by atoms with Crippen LogP contribution in [0.5, 0.6) is 0 Å². The first kappa shape index (κ1) is 11.7. The predicted octanol–water partition coefficient (Wildman–Crippen LogP) is 2.47. The van der Waals surface area contributed by atoms with Crippen molar-refractivity contribution in [3.05, 3.63) is 34.3 Å². The molecule has 2 nitrogen and oxygen atoms in total. The fraction of sp³-hybridized carbons (Fsp3) is 0.300. The number of nitrogens with zero attached hydrogens (tertiary/aromatic N) is 1. The van der Waals surface area contributed by atoms with Crippen LogP contribution in [0.4, 0.5) is 0 Å². The zero-order valence-corrected chi connectivity index (χ0v) is 9.87. The Morgan fingerprint density at radius 1 is 1.43 bits per heavy atom. The molecular formula is C10H11BrClNO. The van der Waals surface area contributed by atoms with Crippen LogP contribution >= 0.6 is 27.5 Å². The summed E-state index contributed by atoms with van der Waals surface area (Å²) in [6.45, 7) is 0.347. The zero-order chi connectivity index (χ0) is 10.4. The van der Waals surface area contributed by atoms with Crippen molar-refractivity contribution in [2.45, 2.75) is 6.10 Å². The van der Waals surface area contributed by atoms with Gasteiger partial charge >= 0.3 is 0 Å². The van der Waals surface area contributed by atoms with E-state index in [1.54, 1.807) is 6.21 Å². The number of benzene rings is 1. The van der Waals surface area contributed by atoms with Crippen LogP contribution in [0.25, 0.3) is 0 Å². The summed E-state index contributed by atoms with van der Waals surface area (Å²) in [5.41, 5.74) is 1.01. The second-order valence-corrected chi connectivity index (χ2v) is 4.08. The van der Waals surface area contributed by atoms with E-state index in [2.05, 4.69) is 20.9 Å². The highest BCUT2D eigenvalue weighted by molar-refractivity contribution is 9.10. The van der Waals surface area contributed by atoms with Crippen molar-refractivity contribution in [1.29, 1.82) is 0 Å². The molecule has 76 valence electrons. The van der Waals surface area contributed by atoms with E-state index in [4.69, 9.17) is 16.7 Å². The third kappa shape index (κ3) is 4.22. The molecule has 0 aliphatic rings. The molecule has 0 amide bonds. The van der Waals surface area contributed by atoms with Crippen molar-refractivity contribution in [1.82, 2.24) is 0 Å². The van der Waals surface area contributed by atoms with Gasteiger partial charge in [-0.1, -0.05) is 28.1 Å². The number of alkyl halides is 1. The van der Waals surface area contributed by atoms with Gasteiger partial charge in [-0.2, -0.15) is 0 Å². The third-order valence-electron chi connectivity index (χ3n) is 1.60. The lowest BCUT2D eigenvalue weighted by Crippen LogP contribution is -2.12. The van der Waals surface area contributed by atoms with Crippen molar-refractivity contribution in [2.75, 3.05) is 12.4 Å². The quantitative estimate of drug-likeness (QED) is 0.665. The van der Waals surface area contributed by atoms with Gasteiger partial charge in [0.15, 0.2) is 0 Å². The Hall–Kier alpha value is -0.380. The van der Waals surface area contributed by atoms with Crippen LogP contribution < -0.4 is 0 Å². The van der Waals surface area contributed by atoms with Gasteiger partial charge in [0.05, 0.1) is 18.5 Å². The van der Waals surface area contributed by atoms with Crippen molar-refractivity contribution in [2.24, 2.45) is 4.99 Å².